The summed E-state index contributed by atoms with van der Waals surface area (Å²) < 4.78 is 4.86. The number of benzene rings is 3. The van der Waals surface area contributed by atoms with Gasteiger partial charge in [-0.3, -0.25) is 19.4 Å². The first-order valence-corrected chi connectivity index (χ1v) is 19.9. The average Bonchev–Trinajstić information content (AvgIpc) is 4.07. The Morgan fingerprint density at radius 2 is 1.21 bits per heavy atom. The molecule has 3 aliphatic heterocycles. The zero-order chi connectivity index (χ0) is 38.8. The third kappa shape index (κ3) is 7.09. The molecule has 0 unspecified atom stereocenters. The van der Waals surface area contributed by atoms with E-state index >= 15 is 0 Å². The molecule has 0 radical (unpaired) electrons. The molecule has 3 saturated heterocycles. The Morgan fingerprint density at radius 1 is 0.696 bits per heavy atom. The molecule has 4 atom stereocenters. The van der Waals surface area contributed by atoms with Crippen LogP contribution in [0.5, 0.6) is 0 Å². The molecule has 0 saturated carbocycles. The molecule has 8 rings (SSSR count). The van der Waals surface area contributed by atoms with Gasteiger partial charge >= 0.3 is 6.09 Å². The van der Waals surface area contributed by atoms with E-state index in [1.165, 1.54) is 12.0 Å². The van der Waals surface area contributed by atoms with Crippen molar-refractivity contribution in [1.82, 2.24) is 39.5 Å². The smallest absolute Gasteiger partial charge is 0.410 e. The van der Waals surface area contributed by atoms with E-state index < -0.39 is 12.1 Å². The van der Waals surface area contributed by atoms with Gasteiger partial charge in [-0.25, -0.2) is 14.8 Å². The first-order valence-electron chi connectivity index (χ1n) is 19.9. The summed E-state index contributed by atoms with van der Waals surface area (Å²) in [5.74, 6) is 1.69. The lowest BCUT2D eigenvalue weighted by Gasteiger charge is -2.41. The largest absolute Gasteiger partial charge is 0.453 e. The maximum atomic E-state index is 14.2. The molecule has 2 aromatic heterocycles. The third-order valence-corrected chi connectivity index (χ3v) is 11.9. The minimum atomic E-state index is -0.465. The fourth-order valence-electron chi connectivity index (χ4n) is 8.68. The van der Waals surface area contributed by atoms with Crippen LogP contribution in [0, 0.1) is 0 Å². The van der Waals surface area contributed by atoms with Crippen molar-refractivity contribution in [1.29, 1.82) is 0 Å². The van der Waals surface area contributed by atoms with E-state index in [0.29, 0.717) is 19.5 Å². The lowest BCUT2D eigenvalue weighted by atomic mass is 10.0. The number of H-pyrrole nitrogens is 2. The summed E-state index contributed by atoms with van der Waals surface area (Å²) in [6, 6.07) is 25.9. The van der Waals surface area contributed by atoms with Gasteiger partial charge < -0.3 is 24.5 Å². The number of amides is 3. The Balaban J connectivity index is 0.923. The molecule has 56 heavy (non-hydrogen) atoms. The van der Waals surface area contributed by atoms with Crippen molar-refractivity contribution >= 4 is 17.9 Å². The van der Waals surface area contributed by atoms with Crippen molar-refractivity contribution in [3.05, 3.63) is 108 Å². The van der Waals surface area contributed by atoms with Crippen LogP contribution in [0.25, 0.3) is 33.6 Å². The second kappa shape index (κ2) is 16.2. The standard InChI is InChI=1S/C44H50N8O4/c1-4-49(5-2)39(33-11-7-6-8-12-33)43(54)51-25-10-14-37(51)41-46-28-35(48-41)32-21-17-30(18-22-32)29-15-19-31(20-16-29)34-27-45-40(47-34)36-13-9-24-50(36)42(53)38-23-26-52(38)44(55)56-3/h6-8,11-12,15-22,27-28,36-39H,4-5,9-10,13-14,23-26H2,1-3H3,(H,45,47)(H,46,48)/t36-,37-,38-,39+/m0/s1. The molecule has 2 N–H and O–H groups in total. The molecule has 5 heterocycles. The summed E-state index contributed by atoms with van der Waals surface area (Å²) in [7, 11) is 1.34. The van der Waals surface area contributed by atoms with E-state index in [2.05, 4.69) is 94.4 Å². The van der Waals surface area contributed by atoms with Gasteiger partial charge in [-0.2, -0.15) is 0 Å². The van der Waals surface area contributed by atoms with Gasteiger partial charge in [0.15, 0.2) is 0 Å². The van der Waals surface area contributed by atoms with E-state index in [1.807, 2.05) is 40.4 Å². The van der Waals surface area contributed by atoms with Gasteiger partial charge in [-0.15, -0.1) is 0 Å². The maximum absolute atomic E-state index is 14.2. The summed E-state index contributed by atoms with van der Waals surface area (Å²) in [6.45, 7) is 7.71. The van der Waals surface area contributed by atoms with Crippen molar-refractivity contribution in [3.63, 3.8) is 0 Å². The van der Waals surface area contributed by atoms with Crippen LogP contribution in [-0.2, 0) is 14.3 Å². The molecular weight excluding hydrogens is 705 g/mol. The number of imidazole rings is 2. The molecule has 12 nitrogen and oxygen atoms in total. The number of carbonyl (C=O) groups excluding carboxylic acids is 3. The number of aromatic nitrogens is 4. The Labute approximate surface area is 327 Å². The summed E-state index contributed by atoms with van der Waals surface area (Å²) in [5.41, 5.74) is 7.07. The molecule has 0 bridgehead atoms. The summed E-state index contributed by atoms with van der Waals surface area (Å²) >= 11 is 0. The van der Waals surface area contributed by atoms with Crippen LogP contribution >= 0.6 is 0 Å². The lowest BCUT2D eigenvalue weighted by Crippen LogP contribution is -2.58. The predicted octanol–water partition coefficient (Wildman–Crippen LogP) is 7.38. The molecule has 3 amide bonds. The molecule has 12 heteroatoms. The monoisotopic (exact) mass is 754 g/mol. The van der Waals surface area contributed by atoms with E-state index in [4.69, 9.17) is 9.72 Å². The van der Waals surface area contributed by atoms with E-state index in [0.717, 1.165) is 96.2 Å². The average molecular weight is 755 g/mol. The van der Waals surface area contributed by atoms with Crippen LogP contribution in [0.4, 0.5) is 4.79 Å². The highest BCUT2D eigenvalue weighted by Gasteiger charge is 2.44. The highest BCUT2D eigenvalue weighted by atomic mass is 16.5. The second-order valence-electron chi connectivity index (χ2n) is 14.9. The first kappa shape index (κ1) is 37.2. The molecule has 3 aromatic carbocycles. The molecule has 0 aliphatic carbocycles. The number of nitrogens with zero attached hydrogens (tertiary/aromatic N) is 6. The summed E-state index contributed by atoms with van der Waals surface area (Å²) in [5, 5.41) is 0. The zero-order valence-corrected chi connectivity index (χ0v) is 32.4. The highest BCUT2D eigenvalue weighted by Crippen LogP contribution is 2.37. The van der Waals surface area contributed by atoms with Crippen molar-refractivity contribution in [2.24, 2.45) is 0 Å². The van der Waals surface area contributed by atoms with Crippen LogP contribution in [0.1, 0.15) is 81.3 Å². The molecule has 290 valence electrons. The van der Waals surface area contributed by atoms with Gasteiger partial charge in [0.05, 0.1) is 43.0 Å². The Kier molecular flexibility index (Phi) is 10.7. The molecule has 3 fully saturated rings. The molecule has 5 aromatic rings. The van der Waals surface area contributed by atoms with Crippen LogP contribution in [-0.4, -0.2) is 103 Å². The van der Waals surface area contributed by atoms with Crippen molar-refractivity contribution in [2.45, 2.75) is 70.1 Å². The number of rotatable bonds is 11. The second-order valence-corrected chi connectivity index (χ2v) is 14.9. The maximum Gasteiger partial charge on any atom is 0.410 e. The third-order valence-electron chi connectivity index (χ3n) is 11.9. The Morgan fingerprint density at radius 3 is 1.71 bits per heavy atom. The number of ether oxygens (including phenoxy) is 1. The van der Waals surface area contributed by atoms with Gasteiger partial charge in [0, 0.05) is 19.6 Å². The Hall–Kier alpha value is -5.75. The van der Waals surface area contributed by atoms with Crippen molar-refractivity contribution in [2.75, 3.05) is 39.8 Å². The quantitative estimate of drug-likeness (QED) is 0.144. The minimum Gasteiger partial charge on any atom is -0.453 e. The van der Waals surface area contributed by atoms with E-state index in [-0.39, 0.29) is 29.9 Å². The molecule has 3 aliphatic rings. The number of hydrogen-bond donors (Lipinski definition) is 2. The normalized spacial score (nSPS) is 20.0. The van der Waals surface area contributed by atoms with Crippen LogP contribution < -0.4 is 0 Å². The van der Waals surface area contributed by atoms with Gasteiger partial charge in [-0.05, 0) is 73.0 Å². The number of likely N-dealkylation sites (tertiary alicyclic amines) is 3. The fraction of sp³-hybridized carbons (Fsp3) is 0.386. The van der Waals surface area contributed by atoms with Crippen molar-refractivity contribution in [3.8, 4) is 33.6 Å². The van der Waals surface area contributed by atoms with Crippen LogP contribution in [0.3, 0.4) is 0 Å². The first-order chi connectivity index (χ1) is 27.4. The summed E-state index contributed by atoms with van der Waals surface area (Å²) in [6.07, 6.45) is 7.43. The van der Waals surface area contributed by atoms with Crippen LogP contribution in [0.2, 0.25) is 0 Å². The minimum absolute atomic E-state index is 0.0407. The predicted molar refractivity (Wildman–Crippen MR) is 214 cm³/mol. The molecule has 0 spiro atoms. The number of hydrogen-bond acceptors (Lipinski definition) is 7. The number of methoxy groups -OCH3 is 1. The van der Waals surface area contributed by atoms with Gasteiger partial charge in [-0.1, -0.05) is 92.7 Å². The highest BCUT2D eigenvalue weighted by molar-refractivity contribution is 5.88. The van der Waals surface area contributed by atoms with E-state index in [9.17, 15) is 14.4 Å². The Bertz CT molecular complexity index is 2140. The zero-order valence-electron chi connectivity index (χ0n) is 32.4. The van der Waals surface area contributed by atoms with Crippen LogP contribution in [0.15, 0.2) is 91.3 Å². The fourth-order valence-corrected chi connectivity index (χ4v) is 8.68. The lowest BCUT2D eigenvalue weighted by molar-refractivity contribution is -0.141. The van der Waals surface area contributed by atoms with Gasteiger partial charge in [0.25, 0.3) is 0 Å². The topological polar surface area (TPSA) is 131 Å². The number of aromatic amines is 2. The number of carbonyl (C=O) groups is 3. The SMILES string of the molecule is CCN(CC)[C@@H](C(=O)N1CCC[C@H]1c1ncc(-c2ccc(-c3ccc(-c4cnc([C@@H]5CCCN5C(=O)[C@@H]5CCN5C(=O)OC)[nH]4)cc3)cc2)[nH]1)c1ccccc1. The van der Waals surface area contributed by atoms with Gasteiger partial charge in [0.2, 0.25) is 11.8 Å². The summed E-state index contributed by atoms with van der Waals surface area (Å²) in [4.78, 5) is 63.8. The van der Waals surface area contributed by atoms with Crippen molar-refractivity contribution < 1.29 is 19.1 Å². The molecular formula is C44H50N8O4. The van der Waals surface area contributed by atoms with E-state index in [1.54, 1.807) is 0 Å². The number of nitrogens with one attached hydrogen (secondary N) is 2. The van der Waals surface area contributed by atoms with Gasteiger partial charge in [0.1, 0.15) is 23.7 Å². The number of likely N-dealkylation sites (N-methyl/N-ethyl adjacent to an activating group) is 1.